The van der Waals surface area contributed by atoms with E-state index in [4.69, 9.17) is 0 Å². The van der Waals surface area contributed by atoms with Gasteiger partial charge < -0.3 is 0 Å². The van der Waals surface area contributed by atoms with Crippen LogP contribution in [0.5, 0.6) is 0 Å². The van der Waals surface area contributed by atoms with Crippen LogP contribution in [0.3, 0.4) is 0 Å². The van der Waals surface area contributed by atoms with E-state index in [9.17, 15) is 4.79 Å². The van der Waals surface area contributed by atoms with Gasteiger partial charge >= 0.3 is 0 Å². The Kier molecular flexibility index (Phi) is 3.18. The van der Waals surface area contributed by atoms with Gasteiger partial charge in [-0.1, -0.05) is 39.0 Å². The lowest BCUT2D eigenvalue weighted by Gasteiger charge is -2.13. The maximum atomic E-state index is 11.9. The maximum Gasteiger partial charge on any atom is 0.271 e. The summed E-state index contributed by atoms with van der Waals surface area (Å²) < 4.78 is 1.59. The van der Waals surface area contributed by atoms with E-state index in [1.54, 1.807) is 10.7 Å². The van der Waals surface area contributed by atoms with Gasteiger partial charge in [-0.3, -0.25) is 9.89 Å². The van der Waals surface area contributed by atoms with Gasteiger partial charge in [-0.05, 0) is 18.1 Å². The summed E-state index contributed by atoms with van der Waals surface area (Å²) in [7, 11) is 0. The van der Waals surface area contributed by atoms with Crippen molar-refractivity contribution in [1.29, 1.82) is 0 Å². The van der Waals surface area contributed by atoms with Crippen LogP contribution in [0.2, 0.25) is 0 Å². The van der Waals surface area contributed by atoms with E-state index in [2.05, 4.69) is 25.9 Å². The fourth-order valence-corrected chi connectivity index (χ4v) is 1.78. The number of aromatic amines is 1. The third kappa shape index (κ3) is 2.33. The van der Waals surface area contributed by atoms with Crippen LogP contribution in [0.25, 0.3) is 5.69 Å². The van der Waals surface area contributed by atoms with Crippen LogP contribution in [0.4, 0.5) is 0 Å². The molecule has 90 valence electrons. The molecule has 1 heterocycles. The van der Waals surface area contributed by atoms with E-state index in [-0.39, 0.29) is 5.56 Å². The fraction of sp³-hybridized carbons (Fsp3) is 0.357. The molecule has 0 spiro atoms. The van der Waals surface area contributed by atoms with E-state index in [1.165, 1.54) is 0 Å². The zero-order valence-corrected chi connectivity index (χ0v) is 10.5. The summed E-state index contributed by atoms with van der Waals surface area (Å²) in [5.74, 6) is 0.866. The first-order valence-corrected chi connectivity index (χ1v) is 5.97. The molecule has 1 N–H and O–H groups in total. The molecule has 1 aromatic heterocycles. The predicted octanol–water partition coefficient (Wildman–Crippen LogP) is 2.93. The van der Waals surface area contributed by atoms with Crippen molar-refractivity contribution in [1.82, 2.24) is 9.78 Å². The fourth-order valence-electron chi connectivity index (χ4n) is 1.78. The Morgan fingerprint density at radius 2 is 1.76 bits per heavy atom. The molecular formula is C14H18N2O. The minimum Gasteiger partial charge on any atom is -0.295 e. The third-order valence-corrected chi connectivity index (χ3v) is 3.25. The zero-order valence-electron chi connectivity index (χ0n) is 10.5. The van der Waals surface area contributed by atoms with Gasteiger partial charge in [-0.2, -0.15) is 0 Å². The molecule has 1 aromatic carbocycles. The Labute approximate surface area is 101 Å². The Bertz CT molecular complexity index is 537. The SMILES string of the molecule is CC(C)C(C)c1cc(=O)n(-c2ccccc2)[nH]1. The van der Waals surface area contributed by atoms with Crippen molar-refractivity contribution in [2.45, 2.75) is 26.7 Å². The van der Waals surface area contributed by atoms with Crippen LogP contribution < -0.4 is 5.56 Å². The van der Waals surface area contributed by atoms with Crippen molar-refractivity contribution in [3.8, 4) is 5.69 Å². The van der Waals surface area contributed by atoms with Gasteiger partial charge in [-0.15, -0.1) is 0 Å². The van der Waals surface area contributed by atoms with Crippen molar-refractivity contribution in [3.05, 3.63) is 52.4 Å². The first-order valence-electron chi connectivity index (χ1n) is 5.97. The molecule has 0 saturated heterocycles. The third-order valence-electron chi connectivity index (χ3n) is 3.25. The quantitative estimate of drug-likeness (QED) is 0.865. The average molecular weight is 230 g/mol. The van der Waals surface area contributed by atoms with Crippen LogP contribution in [0.15, 0.2) is 41.2 Å². The molecule has 0 saturated carbocycles. The molecule has 0 aliphatic carbocycles. The number of aromatic nitrogens is 2. The molecule has 3 heteroatoms. The number of rotatable bonds is 3. The highest BCUT2D eigenvalue weighted by Gasteiger charge is 2.14. The summed E-state index contributed by atoms with van der Waals surface area (Å²) >= 11 is 0. The van der Waals surface area contributed by atoms with Crippen molar-refractivity contribution in [2.75, 3.05) is 0 Å². The second-order valence-corrected chi connectivity index (χ2v) is 4.75. The molecule has 0 aliphatic heterocycles. The standard InChI is InChI=1S/C14H18N2O/c1-10(2)11(3)13-9-14(17)16(15-13)12-7-5-4-6-8-12/h4-11,15H,1-3H3. The second-order valence-electron chi connectivity index (χ2n) is 4.75. The highest BCUT2D eigenvalue weighted by Crippen LogP contribution is 2.20. The molecule has 0 aliphatic rings. The number of para-hydroxylation sites is 1. The van der Waals surface area contributed by atoms with Crippen LogP contribution in [0, 0.1) is 5.92 Å². The number of benzene rings is 1. The van der Waals surface area contributed by atoms with Crippen molar-refractivity contribution in [3.63, 3.8) is 0 Å². The molecule has 1 atom stereocenters. The number of H-pyrrole nitrogens is 1. The zero-order chi connectivity index (χ0) is 12.4. The van der Waals surface area contributed by atoms with Crippen molar-refractivity contribution < 1.29 is 0 Å². The normalized spacial score (nSPS) is 12.9. The van der Waals surface area contributed by atoms with E-state index < -0.39 is 0 Å². The topological polar surface area (TPSA) is 37.8 Å². The summed E-state index contributed by atoms with van der Waals surface area (Å²) in [6, 6.07) is 11.3. The van der Waals surface area contributed by atoms with Gasteiger partial charge in [0.15, 0.2) is 0 Å². The predicted molar refractivity (Wildman–Crippen MR) is 69.6 cm³/mol. The monoisotopic (exact) mass is 230 g/mol. The second kappa shape index (κ2) is 4.62. The van der Waals surface area contributed by atoms with E-state index in [0.717, 1.165) is 11.4 Å². The Morgan fingerprint density at radius 1 is 1.12 bits per heavy atom. The Morgan fingerprint density at radius 3 is 2.35 bits per heavy atom. The first-order chi connectivity index (χ1) is 8.09. The van der Waals surface area contributed by atoms with Crippen molar-refractivity contribution >= 4 is 0 Å². The summed E-state index contributed by atoms with van der Waals surface area (Å²) in [5.41, 5.74) is 1.87. The van der Waals surface area contributed by atoms with Crippen LogP contribution >= 0.6 is 0 Å². The number of hydrogen-bond donors (Lipinski definition) is 1. The van der Waals surface area contributed by atoms with Crippen molar-refractivity contribution in [2.24, 2.45) is 5.92 Å². The van der Waals surface area contributed by atoms with Gasteiger partial charge in [0.1, 0.15) is 0 Å². The highest BCUT2D eigenvalue weighted by atomic mass is 16.1. The van der Waals surface area contributed by atoms with Gasteiger partial charge in [0, 0.05) is 17.7 Å². The molecule has 0 bridgehead atoms. The Hall–Kier alpha value is -1.77. The Balaban J connectivity index is 2.42. The van der Waals surface area contributed by atoms with Crippen LogP contribution in [-0.2, 0) is 0 Å². The molecule has 0 fully saturated rings. The lowest BCUT2D eigenvalue weighted by molar-refractivity contribution is 0.519. The lowest BCUT2D eigenvalue weighted by atomic mass is 9.95. The smallest absolute Gasteiger partial charge is 0.271 e. The average Bonchev–Trinajstić information content (AvgIpc) is 2.71. The molecule has 0 amide bonds. The highest BCUT2D eigenvalue weighted by molar-refractivity contribution is 5.30. The maximum absolute atomic E-state index is 11.9. The number of nitrogens with one attached hydrogen (secondary N) is 1. The molecule has 2 aromatic rings. The summed E-state index contributed by atoms with van der Waals surface area (Å²) in [5, 5.41) is 3.18. The molecule has 1 unspecified atom stereocenters. The lowest BCUT2D eigenvalue weighted by Crippen LogP contribution is -2.13. The van der Waals surface area contributed by atoms with Gasteiger partial charge in [0.05, 0.1) is 5.69 Å². The summed E-state index contributed by atoms with van der Waals surface area (Å²) in [6.45, 7) is 6.44. The molecule has 17 heavy (non-hydrogen) atoms. The van der Waals surface area contributed by atoms with E-state index in [0.29, 0.717) is 11.8 Å². The molecular weight excluding hydrogens is 212 g/mol. The van der Waals surface area contributed by atoms with Crippen LogP contribution in [-0.4, -0.2) is 9.78 Å². The molecule has 3 nitrogen and oxygen atoms in total. The van der Waals surface area contributed by atoms with E-state index >= 15 is 0 Å². The minimum atomic E-state index is -0.00120. The van der Waals surface area contributed by atoms with Gasteiger partial charge in [0.2, 0.25) is 0 Å². The van der Waals surface area contributed by atoms with Gasteiger partial charge in [-0.25, -0.2) is 4.68 Å². The minimum absolute atomic E-state index is 0.00120. The van der Waals surface area contributed by atoms with Crippen LogP contribution in [0.1, 0.15) is 32.4 Å². The van der Waals surface area contributed by atoms with E-state index in [1.807, 2.05) is 30.3 Å². The summed E-state index contributed by atoms with van der Waals surface area (Å²) in [6.07, 6.45) is 0. The molecule has 2 rings (SSSR count). The number of nitrogens with zero attached hydrogens (tertiary/aromatic N) is 1. The largest absolute Gasteiger partial charge is 0.295 e. The number of hydrogen-bond acceptors (Lipinski definition) is 1. The molecule has 0 radical (unpaired) electrons. The first kappa shape index (κ1) is 11.7. The summed E-state index contributed by atoms with van der Waals surface area (Å²) in [4.78, 5) is 11.9. The van der Waals surface area contributed by atoms with Gasteiger partial charge in [0.25, 0.3) is 5.56 Å².